The molecule has 0 radical (unpaired) electrons. The monoisotopic (exact) mass is 378 g/mol. The van der Waals surface area contributed by atoms with Gasteiger partial charge in [0.2, 0.25) is 11.8 Å². The quantitative estimate of drug-likeness (QED) is 0.866. The Hall–Kier alpha value is -2.89. The molecule has 2 aliphatic heterocycles. The van der Waals surface area contributed by atoms with E-state index in [1.807, 2.05) is 18.2 Å². The molecular weight excluding hydrogens is 352 g/mol. The standard InChI is InChI=1S/C22H26N4O2/c27-21-14-18(16-26(21)15-17-6-10-23-11-7-17)22(28)24-19-8-12-25(13-9-19)20-4-2-1-3-5-20/h1-7,10-11,18-19H,8-9,12-16H2,(H,24,28)/t18-/m0/s1. The molecule has 0 aliphatic carbocycles. The van der Waals surface area contributed by atoms with Gasteiger partial charge in [-0.2, -0.15) is 0 Å². The van der Waals surface area contributed by atoms with Gasteiger partial charge < -0.3 is 15.1 Å². The molecule has 4 rings (SSSR count). The number of amides is 2. The Labute approximate surface area is 165 Å². The number of hydrogen-bond acceptors (Lipinski definition) is 4. The van der Waals surface area contributed by atoms with E-state index in [0.29, 0.717) is 19.5 Å². The Balaban J connectivity index is 1.26. The second-order valence-corrected chi connectivity index (χ2v) is 7.64. The van der Waals surface area contributed by atoms with Crippen LogP contribution in [0, 0.1) is 5.92 Å². The molecule has 0 bridgehead atoms. The Kier molecular flexibility index (Phi) is 5.55. The Bertz CT molecular complexity index is 804. The highest BCUT2D eigenvalue weighted by atomic mass is 16.2. The average Bonchev–Trinajstić information content (AvgIpc) is 3.10. The SMILES string of the molecule is O=C(NC1CCN(c2ccccc2)CC1)[C@H]1CC(=O)N(Cc2ccncc2)C1. The molecule has 1 aromatic heterocycles. The summed E-state index contributed by atoms with van der Waals surface area (Å²) >= 11 is 0. The number of pyridine rings is 1. The molecule has 1 atom stereocenters. The van der Waals surface area contributed by atoms with Crippen LogP contribution in [0.5, 0.6) is 0 Å². The van der Waals surface area contributed by atoms with Gasteiger partial charge >= 0.3 is 0 Å². The van der Waals surface area contributed by atoms with E-state index in [1.165, 1.54) is 5.69 Å². The van der Waals surface area contributed by atoms with Crippen LogP contribution in [0.4, 0.5) is 5.69 Å². The molecule has 2 aliphatic rings. The molecule has 146 valence electrons. The van der Waals surface area contributed by atoms with E-state index in [4.69, 9.17) is 0 Å². The van der Waals surface area contributed by atoms with Gasteiger partial charge in [-0.05, 0) is 42.7 Å². The van der Waals surface area contributed by atoms with Crippen LogP contribution in [0.15, 0.2) is 54.9 Å². The first-order chi connectivity index (χ1) is 13.7. The minimum atomic E-state index is -0.249. The van der Waals surface area contributed by atoms with Crippen molar-refractivity contribution < 1.29 is 9.59 Å². The maximum absolute atomic E-state index is 12.7. The second kappa shape index (κ2) is 8.42. The highest BCUT2D eigenvalue weighted by molar-refractivity contribution is 5.89. The zero-order chi connectivity index (χ0) is 19.3. The summed E-state index contributed by atoms with van der Waals surface area (Å²) in [5, 5.41) is 3.18. The summed E-state index contributed by atoms with van der Waals surface area (Å²) in [6, 6.07) is 14.4. The first kappa shape index (κ1) is 18.5. The van der Waals surface area contributed by atoms with Crippen LogP contribution in [0.3, 0.4) is 0 Å². The number of para-hydroxylation sites is 1. The van der Waals surface area contributed by atoms with Crippen molar-refractivity contribution in [2.75, 3.05) is 24.5 Å². The van der Waals surface area contributed by atoms with Gasteiger partial charge in [0.25, 0.3) is 0 Å². The van der Waals surface area contributed by atoms with Crippen molar-refractivity contribution in [3.63, 3.8) is 0 Å². The van der Waals surface area contributed by atoms with E-state index >= 15 is 0 Å². The van der Waals surface area contributed by atoms with Gasteiger partial charge in [-0.25, -0.2) is 0 Å². The van der Waals surface area contributed by atoms with Gasteiger partial charge in [-0.1, -0.05) is 18.2 Å². The van der Waals surface area contributed by atoms with E-state index < -0.39 is 0 Å². The van der Waals surface area contributed by atoms with Crippen molar-refractivity contribution in [3.05, 3.63) is 60.4 Å². The highest BCUT2D eigenvalue weighted by Crippen LogP contribution is 2.23. The first-order valence-electron chi connectivity index (χ1n) is 9.96. The van der Waals surface area contributed by atoms with Crippen LogP contribution < -0.4 is 10.2 Å². The molecule has 1 N–H and O–H groups in total. The van der Waals surface area contributed by atoms with Crippen LogP contribution in [0.25, 0.3) is 0 Å². The second-order valence-electron chi connectivity index (χ2n) is 7.64. The van der Waals surface area contributed by atoms with E-state index in [9.17, 15) is 9.59 Å². The van der Waals surface area contributed by atoms with E-state index in [-0.39, 0.29) is 23.8 Å². The number of benzene rings is 1. The number of likely N-dealkylation sites (tertiary alicyclic amines) is 1. The molecule has 28 heavy (non-hydrogen) atoms. The number of piperidine rings is 1. The third kappa shape index (κ3) is 4.32. The minimum Gasteiger partial charge on any atom is -0.371 e. The van der Waals surface area contributed by atoms with Gasteiger partial charge in [0.05, 0.1) is 5.92 Å². The fraction of sp³-hybridized carbons (Fsp3) is 0.409. The number of anilines is 1. The topological polar surface area (TPSA) is 65.5 Å². The maximum atomic E-state index is 12.7. The Morgan fingerprint density at radius 2 is 1.79 bits per heavy atom. The summed E-state index contributed by atoms with van der Waals surface area (Å²) in [4.78, 5) is 33.1. The summed E-state index contributed by atoms with van der Waals surface area (Å²) in [6.45, 7) is 2.91. The normalized spacial score (nSPS) is 20.4. The van der Waals surface area contributed by atoms with E-state index in [0.717, 1.165) is 31.5 Å². The largest absolute Gasteiger partial charge is 0.371 e. The zero-order valence-electron chi connectivity index (χ0n) is 16.0. The minimum absolute atomic E-state index is 0.0174. The summed E-state index contributed by atoms with van der Waals surface area (Å²) in [5.74, 6) is -0.180. The first-order valence-corrected chi connectivity index (χ1v) is 9.96. The van der Waals surface area contributed by atoms with Crippen molar-refractivity contribution in [1.29, 1.82) is 0 Å². The fourth-order valence-corrected chi connectivity index (χ4v) is 4.05. The number of aromatic nitrogens is 1. The Morgan fingerprint density at radius 3 is 2.50 bits per heavy atom. The van der Waals surface area contributed by atoms with Crippen molar-refractivity contribution in [3.8, 4) is 0 Å². The molecule has 3 heterocycles. The molecular formula is C22H26N4O2. The molecule has 0 unspecified atom stereocenters. The van der Waals surface area contributed by atoms with Gasteiger partial charge in [0.15, 0.2) is 0 Å². The lowest BCUT2D eigenvalue weighted by Crippen LogP contribution is -2.46. The zero-order valence-corrected chi connectivity index (χ0v) is 16.0. The number of rotatable bonds is 5. The third-order valence-corrected chi connectivity index (χ3v) is 5.67. The average molecular weight is 378 g/mol. The predicted octanol–water partition coefficient (Wildman–Crippen LogP) is 2.22. The number of hydrogen-bond donors (Lipinski definition) is 1. The molecule has 6 heteroatoms. The lowest BCUT2D eigenvalue weighted by atomic mass is 10.0. The van der Waals surface area contributed by atoms with Crippen LogP contribution in [-0.4, -0.2) is 47.4 Å². The maximum Gasteiger partial charge on any atom is 0.225 e. The number of nitrogens with zero attached hydrogens (tertiary/aromatic N) is 3. The van der Waals surface area contributed by atoms with Crippen molar-refractivity contribution in [2.45, 2.75) is 31.8 Å². The molecule has 2 aromatic rings. The summed E-state index contributed by atoms with van der Waals surface area (Å²) in [5.41, 5.74) is 2.28. The highest BCUT2D eigenvalue weighted by Gasteiger charge is 2.35. The smallest absolute Gasteiger partial charge is 0.225 e. The number of carbonyl (C=O) groups is 2. The van der Waals surface area contributed by atoms with Crippen molar-refractivity contribution >= 4 is 17.5 Å². The van der Waals surface area contributed by atoms with Gasteiger partial charge in [0.1, 0.15) is 0 Å². The lowest BCUT2D eigenvalue weighted by Gasteiger charge is -2.34. The van der Waals surface area contributed by atoms with Crippen LogP contribution >= 0.6 is 0 Å². The van der Waals surface area contributed by atoms with Gasteiger partial charge in [-0.15, -0.1) is 0 Å². The van der Waals surface area contributed by atoms with Crippen LogP contribution in [-0.2, 0) is 16.1 Å². The number of nitrogens with one attached hydrogen (secondary N) is 1. The predicted molar refractivity (Wildman–Crippen MR) is 108 cm³/mol. The van der Waals surface area contributed by atoms with E-state index in [2.05, 4.69) is 39.5 Å². The Morgan fingerprint density at radius 1 is 1.07 bits per heavy atom. The molecule has 2 saturated heterocycles. The summed E-state index contributed by atoms with van der Waals surface area (Å²) in [7, 11) is 0. The van der Waals surface area contributed by atoms with Gasteiger partial charge in [-0.3, -0.25) is 14.6 Å². The lowest BCUT2D eigenvalue weighted by molar-refractivity contribution is -0.129. The van der Waals surface area contributed by atoms with Gasteiger partial charge in [0, 0.05) is 56.7 Å². The summed E-state index contributed by atoms with van der Waals surface area (Å²) in [6.07, 6.45) is 5.62. The van der Waals surface area contributed by atoms with Crippen LogP contribution in [0.1, 0.15) is 24.8 Å². The molecule has 0 spiro atoms. The molecule has 6 nitrogen and oxygen atoms in total. The fourth-order valence-electron chi connectivity index (χ4n) is 4.05. The molecule has 2 fully saturated rings. The molecule has 1 aromatic carbocycles. The number of carbonyl (C=O) groups excluding carboxylic acids is 2. The van der Waals surface area contributed by atoms with E-state index in [1.54, 1.807) is 17.3 Å². The summed E-state index contributed by atoms with van der Waals surface area (Å²) < 4.78 is 0. The molecule has 2 amide bonds. The van der Waals surface area contributed by atoms with Crippen LogP contribution in [0.2, 0.25) is 0 Å². The third-order valence-electron chi connectivity index (χ3n) is 5.67. The van der Waals surface area contributed by atoms with Crippen molar-refractivity contribution in [2.24, 2.45) is 5.92 Å². The van der Waals surface area contributed by atoms with Crippen molar-refractivity contribution in [1.82, 2.24) is 15.2 Å². The molecule has 0 saturated carbocycles.